The van der Waals surface area contributed by atoms with Crippen molar-refractivity contribution < 1.29 is 19.1 Å². The molecule has 3 rings (SSSR count). The van der Waals surface area contributed by atoms with Gasteiger partial charge in [0.25, 0.3) is 5.91 Å². The molecule has 0 spiro atoms. The van der Waals surface area contributed by atoms with Crippen molar-refractivity contribution in [1.29, 1.82) is 0 Å². The number of nitrogens with zero attached hydrogens (tertiary/aromatic N) is 2. The van der Waals surface area contributed by atoms with Gasteiger partial charge in [-0.15, -0.1) is 22.7 Å². The summed E-state index contributed by atoms with van der Waals surface area (Å²) >= 11 is 8.10. The van der Waals surface area contributed by atoms with Crippen molar-refractivity contribution in [2.24, 2.45) is 0 Å². The molecule has 0 aliphatic carbocycles. The number of benzene rings is 1. The van der Waals surface area contributed by atoms with Crippen LogP contribution in [0.25, 0.3) is 0 Å². The van der Waals surface area contributed by atoms with Crippen molar-refractivity contribution in [2.45, 2.75) is 13.3 Å². The summed E-state index contributed by atoms with van der Waals surface area (Å²) in [5.41, 5.74) is 1.20. The molecule has 0 unspecified atom stereocenters. The second-order valence-corrected chi connectivity index (χ2v) is 7.86. The van der Waals surface area contributed by atoms with Gasteiger partial charge in [-0.05, 0) is 31.2 Å². The van der Waals surface area contributed by atoms with Crippen LogP contribution in [-0.4, -0.2) is 34.5 Å². The molecule has 0 fully saturated rings. The summed E-state index contributed by atoms with van der Waals surface area (Å²) in [6.45, 7) is 2.02. The van der Waals surface area contributed by atoms with Crippen LogP contribution in [0.5, 0.6) is 0 Å². The van der Waals surface area contributed by atoms with E-state index in [1.165, 1.54) is 16.7 Å². The maximum absolute atomic E-state index is 12.3. The molecule has 0 atom stereocenters. The number of carbonyl (C=O) groups is 3. The maximum Gasteiger partial charge on any atom is 0.325 e. The number of rotatable bonds is 7. The average molecular weight is 466 g/mol. The number of aromatic nitrogens is 2. The largest absolute Gasteiger partial charge is 0.466 e. The van der Waals surface area contributed by atoms with Crippen LogP contribution in [0.1, 0.15) is 23.1 Å². The molecule has 0 aliphatic heterocycles. The van der Waals surface area contributed by atoms with Gasteiger partial charge in [0.2, 0.25) is 0 Å². The highest BCUT2D eigenvalue weighted by molar-refractivity contribution is 7.14. The Morgan fingerprint density at radius 2 is 1.70 bits per heavy atom. The Bertz CT molecular complexity index is 1050. The van der Waals surface area contributed by atoms with E-state index in [-0.39, 0.29) is 23.2 Å². The summed E-state index contributed by atoms with van der Waals surface area (Å²) in [6, 6.07) is 6.13. The first-order valence-corrected chi connectivity index (χ1v) is 10.8. The zero-order chi connectivity index (χ0) is 21.5. The monoisotopic (exact) mass is 465 g/mol. The van der Waals surface area contributed by atoms with Gasteiger partial charge in [-0.1, -0.05) is 11.6 Å². The topological polar surface area (TPSA) is 122 Å². The van der Waals surface area contributed by atoms with Gasteiger partial charge < -0.3 is 10.1 Å². The Kier molecular flexibility index (Phi) is 7.33. The zero-order valence-corrected chi connectivity index (χ0v) is 18.0. The Morgan fingerprint density at radius 3 is 2.43 bits per heavy atom. The molecule has 0 aliphatic rings. The normalized spacial score (nSPS) is 10.3. The average Bonchev–Trinajstić information content (AvgIpc) is 3.33. The summed E-state index contributed by atoms with van der Waals surface area (Å²) in [5.74, 6) is -0.859. The molecule has 0 saturated heterocycles. The number of hydrogen-bond acceptors (Lipinski definition) is 8. The summed E-state index contributed by atoms with van der Waals surface area (Å²) in [5, 5.41) is 12.1. The molecule has 2 heterocycles. The van der Waals surface area contributed by atoms with Crippen molar-refractivity contribution >= 4 is 68.1 Å². The highest BCUT2D eigenvalue weighted by Crippen LogP contribution is 2.20. The molecule has 3 aromatic rings. The fourth-order valence-corrected chi connectivity index (χ4v) is 3.71. The third-order valence-electron chi connectivity index (χ3n) is 3.46. The van der Waals surface area contributed by atoms with Crippen LogP contribution in [0.4, 0.5) is 20.7 Å². The molecule has 30 heavy (non-hydrogen) atoms. The van der Waals surface area contributed by atoms with E-state index in [0.717, 1.165) is 11.3 Å². The minimum atomic E-state index is -0.498. The lowest BCUT2D eigenvalue weighted by Gasteiger charge is -2.05. The molecule has 0 saturated carbocycles. The van der Waals surface area contributed by atoms with Crippen molar-refractivity contribution in [1.82, 2.24) is 9.97 Å². The Balaban J connectivity index is 1.53. The minimum Gasteiger partial charge on any atom is -0.466 e. The number of amides is 3. The second kappa shape index (κ2) is 10.1. The molecule has 9 nitrogen and oxygen atoms in total. The van der Waals surface area contributed by atoms with Crippen LogP contribution in [0, 0.1) is 0 Å². The smallest absolute Gasteiger partial charge is 0.325 e. The maximum atomic E-state index is 12.3. The summed E-state index contributed by atoms with van der Waals surface area (Å²) in [7, 11) is 0. The van der Waals surface area contributed by atoms with Crippen molar-refractivity contribution in [2.75, 3.05) is 22.6 Å². The van der Waals surface area contributed by atoms with Crippen LogP contribution in [0.2, 0.25) is 5.02 Å². The van der Waals surface area contributed by atoms with E-state index in [1.54, 1.807) is 36.6 Å². The van der Waals surface area contributed by atoms with E-state index >= 15 is 0 Å². The van der Waals surface area contributed by atoms with Gasteiger partial charge >= 0.3 is 12.0 Å². The van der Waals surface area contributed by atoms with Gasteiger partial charge in [0, 0.05) is 21.5 Å². The van der Waals surface area contributed by atoms with E-state index < -0.39 is 11.9 Å². The lowest BCUT2D eigenvalue weighted by molar-refractivity contribution is -0.142. The minimum absolute atomic E-state index is 0.0354. The molecule has 3 N–H and O–H groups in total. The number of thiazole rings is 2. The van der Waals surface area contributed by atoms with Crippen molar-refractivity contribution in [3.63, 3.8) is 0 Å². The van der Waals surface area contributed by atoms with Crippen LogP contribution < -0.4 is 16.0 Å². The molecule has 0 radical (unpaired) electrons. The molecular formula is C18H16ClN5O4S2. The highest BCUT2D eigenvalue weighted by atomic mass is 35.5. The van der Waals surface area contributed by atoms with Crippen molar-refractivity contribution in [3.8, 4) is 0 Å². The number of carbonyl (C=O) groups excluding carboxylic acids is 3. The van der Waals surface area contributed by atoms with Gasteiger partial charge in [0.05, 0.1) is 18.7 Å². The molecule has 1 aromatic carbocycles. The van der Waals surface area contributed by atoms with E-state index in [4.69, 9.17) is 16.3 Å². The molecule has 3 amide bonds. The first kappa shape index (κ1) is 21.7. The number of anilines is 3. The van der Waals surface area contributed by atoms with E-state index in [9.17, 15) is 14.4 Å². The van der Waals surface area contributed by atoms with Crippen molar-refractivity contribution in [3.05, 3.63) is 51.4 Å². The Labute approximate surface area is 184 Å². The van der Waals surface area contributed by atoms with Gasteiger partial charge in [0.15, 0.2) is 10.3 Å². The summed E-state index contributed by atoms with van der Waals surface area (Å²) < 4.78 is 4.87. The van der Waals surface area contributed by atoms with E-state index in [1.807, 2.05) is 0 Å². The fourth-order valence-electron chi connectivity index (χ4n) is 2.19. The predicted molar refractivity (Wildman–Crippen MR) is 117 cm³/mol. The van der Waals surface area contributed by atoms with Crippen LogP contribution in [-0.2, 0) is 16.0 Å². The summed E-state index contributed by atoms with van der Waals surface area (Å²) in [6.07, 6.45) is 0.0354. The Morgan fingerprint density at radius 1 is 1.00 bits per heavy atom. The standard InChI is InChI=1S/C18H16ClN5O4S2/c1-2-28-14(25)7-12-8-29-17(21-12)23-15(26)13-9-30-18(22-13)24-16(27)20-11-5-3-10(19)4-6-11/h3-6,8-9H,2,7H2,1H3,(H,21,23,26)(H2,20,22,24,27). The van der Waals surface area contributed by atoms with Crippen LogP contribution in [0.15, 0.2) is 35.0 Å². The lowest BCUT2D eigenvalue weighted by Crippen LogP contribution is -2.19. The fraction of sp³-hybridized carbons (Fsp3) is 0.167. The SMILES string of the molecule is CCOC(=O)Cc1csc(NC(=O)c2csc(NC(=O)Nc3ccc(Cl)cc3)n2)n1. The number of esters is 1. The second-order valence-electron chi connectivity index (χ2n) is 5.70. The molecule has 2 aromatic heterocycles. The molecular weight excluding hydrogens is 450 g/mol. The Hall–Kier alpha value is -3.02. The van der Waals surface area contributed by atoms with Gasteiger partial charge in [-0.2, -0.15) is 0 Å². The molecule has 0 bridgehead atoms. The highest BCUT2D eigenvalue weighted by Gasteiger charge is 2.15. The number of ether oxygens (including phenoxy) is 1. The predicted octanol–water partition coefficient (Wildman–Crippen LogP) is 4.25. The van der Waals surface area contributed by atoms with E-state index in [2.05, 4.69) is 25.9 Å². The number of nitrogens with one attached hydrogen (secondary N) is 3. The number of urea groups is 1. The molecule has 156 valence electrons. The van der Waals surface area contributed by atoms with E-state index in [0.29, 0.717) is 28.1 Å². The first-order chi connectivity index (χ1) is 14.4. The van der Waals surface area contributed by atoms with Gasteiger partial charge in [-0.3, -0.25) is 20.2 Å². The summed E-state index contributed by atoms with van der Waals surface area (Å²) in [4.78, 5) is 44.1. The number of hydrogen-bond donors (Lipinski definition) is 3. The van der Waals surface area contributed by atoms with Crippen LogP contribution in [0.3, 0.4) is 0 Å². The first-order valence-electron chi connectivity index (χ1n) is 8.63. The third kappa shape index (κ3) is 6.24. The van der Waals surface area contributed by atoms with Crippen LogP contribution >= 0.6 is 34.3 Å². The third-order valence-corrected chi connectivity index (χ3v) is 5.28. The number of halogens is 1. The quantitative estimate of drug-likeness (QED) is 0.448. The van der Waals surface area contributed by atoms with Gasteiger partial charge in [-0.25, -0.2) is 14.8 Å². The lowest BCUT2D eigenvalue weighted by atomic mass is 10.3. The molecule has 12 heteroatoms. The zero-order valence-electron chi connectivity index (χ0n) is 15.6. The van der Waals surface area contributed by atoms with Gasteiger partial charge in [0.1, 0.15) is 5.69 Å².